The zero-order chi connectivity index (χ0) is 10.8. The van der Waals surface area contributed by atoms with Crippen LogP contribution in [0.1, 0.15) is 39.0 Å². The molecule has 2 nitrogen and oxygen atoms in total. The Labute approximate surface area is 100 Å². The zero-order valence-electron chi connectivity index (χ0n) is 9.34. The lowest BCUT2D eigenvalue weighted by Crippen LogP contribution is -2.35. The molecule has 0 spiro atoms. The van der Waals surface area contributed by atoms with Crippen LogP contribution < -0.4 is 5.32 Å². The molecule has 1 unspecified atom stereocenters. The van der Waals surface area contributed by atoms with Crippen molar-refractivity contribution in [2.75, 3.05) is 6.54 Å². The number of hydrogen-bond donors (Lipinski definition) is 1. The average Bonchev–Trinajstić information content (AvgIpc) is 3.07. The Bertz CT molecular complexity index is 224. The summed E-state index contributed by atoms with van der Waals surface area (Å²) in [4.78, 5) is 11.6. The van der Waals surface area contributed by atoms with Crippen LogP contribution in [0.4, 0.5) is 0 Å². The van der Waals surface area contributed by atoms with Gasteiger partial charge in [-0.15, -0.1) is 0 Å². The third-order valence-corrected chi connectivity index (χ3v) is 4.67. The molecule has 2 saturated carbocycles. The first-order valence-electron chi connectivity index (χ1n) is 6.14. The minimum atomic E-state index is -0.00319. The predicted molar refractivity (Wildman–Crippen MR) is 65.0 cm³/mol. The lowest BCUT2D eigenvalue weighted by atomic mass is 9.98. The Kier molecular flexibility index (Phi) is 3.70. The molecule has 15 heavy (non-hydrogen) atoms. The molecule has 0 aromatic heterocycles. The number of carbonyl (C=O) groups excluding carboxylic acids is 1. The van der Waals surface area contributed by atoms with Gasteiger partial charge in [-0.05, 0) is 49.9 Å². The van der Waals surface area contributed by atoms with Crippen molar-refractivity contribution in [3.05, 3.63) is 0 Å². The van der Waals surface area contributed by atoms with Crippen LogP contribution in [0.25, 0.3) is 0 Å². The topological polar surface area (TPSA) is 29.1 Å². The molecule has 0 bridgehead atoms. The van der Waals surface area contributed by atoms with E-state index < -0.39 is 0 Å². The molecule has 0 aromatic rings. The van der Waals surface area contributed by atoms with Gasteiger partial charge in [-0.3, -0.25) is 4.79 Å². The number of halogens is 1. The lowest BCUT2D eigenvalue weighted by Gasteiger charge is -2.17. The molecule has 1 atom stereocenters. The van der Waals surface area contributed by atoms with Crippen LogP contribution >= 0.6 is 15.9 Å². The minimum Gasteiger partial charge on any atom is -0.355 e. The van der Waals surface area contributed by atoms with Crippen LogP contribution in [0, 0.1) is 17.8 Å². The highest BCUT2D eigenvalue weighted by Gasteiger charge is 2.41. The van der Waals surface area contributed by atoms with Gasteiger partial charge in [0.15, 0.2) is 0 Å². The highest BCUT2D eigenvalue weighted by atomic mass is 79.9. The standard InChI is InChI=1S/C12H20BrNO/c1-2-11(13)12(15)14-7-10(8-3-4-8)9-5-6-9/h8-11H,2-7H2,1H3,(H,14,15). The fourth-order valence-corrected chi connectivity index (χ4v) is 2.44. The minimum absolute atomic E-state index is 0.00319. The number of carbonyl (C=O) groups is 1. The molecule has 2 aliphatic rings. The molecule has 1 N–H and O–H groups in total. The van der Waals surface area contributed by atoms with E-state index in [4.69, 9.17) is 0 Å². The van der Waals surface area contributed by atoms with Crippen molar-refractivity contribution in [1.82, 2.24) is 5.32 Å². The van der Waals surface area contributed by atoms with E-state index in [1.807, 2.05) is 6.92 Å². The highest BCUT2D eigenvalue weighted by Crippen LogP contribution is 2.48. The smallest absolute Gasteiger partial charge is 0.233 e. The summed E-state index contributed by atoms with van der Waals surface area (Å²) >= 11 is 3.39. The van der Waals surface area contributed by atoms with Crippen molar-refractivity contribution in [2.24, 2.45) is 17.8 Å². The van der Waals surface area contributed by atoms with Gasteiger partial charge in [-0.2, -0.15) is 0 Å². The molecular formula is C12H20BrNO. The van der Waals surface area contributed by atoms with Gasteiger partial charge in [0.25, 0.3) is 0 Å². The average molecular weight is 274 g/mol. The SMILES string of the molecule is CCC(Br)C(=O)NCC(C1CC1)C1CC1. The molecule has 2 fully saturated rings. The van der Waals surface area contributed by atoms with Crippen molar-refractivity contribution < 1.29 is 4.79 Å². The summed E-state index contributed by atoms with van der Waals surface area (Å²) in [5.41, 5.74) is 0. The maximum Gasteiger partial charge on any atom is 0.233 e. The van der Waals surface area contributed by atoms with Gasteiger partial charge >= 0.3 is 0 Å². The van der Waals surface area contributed by atoms with Gasteiger partial charge in [-0.25, -0.2) is 0 Å². The molecular weight excluding hydrogens is 254 g/mol. The highest BCUT2D eigenvalue weighted by molar-refractivity contribution is 9.10. The molecule has 0 heterocycles. The summed E-state index contributed by atoms with van der Waals surface area (Å²) in [5, 5.41) is 3.09. The second-order valence-corrected chi connectivity index (χ2v) is 6.06. The van der Waals surface area contributed by atoms with E-state index in [1.54, 1.807) is 0 Å². The van der Waals surface area contributed by atoms with Crippen molar-refractivity contribution in [1.29, 1.82) is 0 Å². The van der Waals surface area contributed by atoms with Gasteiger partial charge < -0.3 is 5.32 Å². The first-order chi connectivity index (χ1) is 7.22. The largest absolute Gasteiger partial charge is 0.355 e. The van der Waals surface area contributed by atoms with Gasteiger partial charge in [-0.1, -0.05) is 22.9 Å². The molecule has 0 saturated heterocycles. The Morgan fingerprint density at radius 3 is 2.27 bits per heavy atom. The van der Waals surface area contributed by atoms with Crippen molar-refractivity contribution >= 4 is 21.8 Å². The first kappa shape index (κ1) is 11.4. The summed E-state index contributed by atoms with van der Waals surface area (Å²) in [5.74, 6) is 2.80. The third kappa shape index (κ3) is 3.20. The number of hydrogen-bond acceptors (Lipinski definition) is 1. The molecule has 2 rings (SSSR count). The fourth-order valence-electron chi connectivity index (χ4n) is 2.28. The van der Waals surface area contributed by atoms with Gasteiger partial charge in [0, 0.05) is 6.54 Å². The van der Waals surface area contributed by atoms with Crippen LogP contribution in [-0.2, 0) is 4.79 Å². The van der Waals surface area contributed by atoms with Crippen molar-refractivity contribution in [3.8, 4) is 0 Å². The van der Waals surface area contributed by atoms with Gasteiger partial charge in [0.1, 0.15) is 0 Å². The quantitative estimate of drug-likeness (QED) is 0.741. The van der Waals surface area contributed by atoms with Gasteiger partial charge in [0.2, 0.25) is 5.91 Å². The van der Waals surface area contributed by atoms with E-state index in [-0.39, 0.29) is 10.7 Å². The van der Waals surface area contributed by atoms with Crippen LogP contribution in [-0.4, -0.2) is 17.3 Å². The first-order valence-corrected chi connectivity index (χ1v) is 7.05. The van der Waals surface area contributed by atoms with E-state index in [0.717, 1.165) is 30.7 Å². The molecule has 3 heteroatoms. The Balaban J connectivity index is 1.72. The molecule has 1 amide bonds. The Morgan fingerprint density at radius 2 is 1.87 bits per heavy atom. The number of amides is 1. The van der Waals surface area contributed by atoms with Crippen LogP contribution in [0.15, 0.2) is 0 Å². The number of nitrogens with one attached hydrogen (secondary N) is 1. The second kappa shape index (κ2) is 4.86. The van der Waals surface area contributed by atoms with Crippen molar-refractivity contribution in [2.45, 2.75) is 43.9 Å². The van der Waals surface area contributed by atoms with Crippen LogP contribution in [0.3, 0.4) is 0 Å². The summed E-state index contributed by atoms with van der Waals surface area (Å²) in [6.07, 6.45) is 6.43. The molecule has 86 valence electrons. The van der Waals surface area contributed by atoms with E-state index in [2.05, 4.69) is 21.2 Å². The monoisotopic (exact) mass is 273 g/mol. The maximum absolute atomic E-state index is 11.6. The second-order valence-electron chi connectivity index (χ2n) is 4.96. The molecule has 0 aromatic carbocycles. The lowest BCUT2D eigenvalue weighted by molar-refractivity contribution is -0.120. The predicted octanol–water partition coefficient (Wildman–Crippen LogP) is 2.71. The van der Waals surface area contributed by atoms with Gasteiger partial charge in [0.05, 0.1) is 4.83 Å². The summed E-state index contributed by atoms with van der Waals surface area (Å²) in [6, 6.07) is 0. The summed E-state index contributed by atoms with van der Waals surface area (Å²) in [6.45, 7) is 2.94. The van der Waals surface area contributed by atoms with Crippen molar-refractivity contribution in [3.63, 3.8) is 0 Å². The Morgan fingerprint density at radius 1 is 1.33 bits per heavy atom. The number of rotatable bonds is 6. The molecule has 2 aliphatic carbocycles. The van der Waals surface area contributed by atoms with E-state index >= 15 is 0 Å². The number of alkyl halides is 1. The summed E-state index contributed by atoms with van der Waals surface area (Å²) in [7, 11) is 0. The van der Waals surface area contributed by atoms with Crippen LogP contribution in [0.5, 0.6) is 0 Å². The normalized spacial score (nSPS) is 22.9. The zero-order valence-corrected chi connectivity index (χ0v) is 10.9. The molecule has 0 aliphatic heterocycles. The Hall–Kier alpha value is -0.0500. The third-order valence-electron chi connectivity index (χ3n) is 3.61. The fraction of sp³-hybridized carbons (Fsp3) is 0.917. The van der Waals surface area contributed by atoms with Crippen LogP contribution in [0.2, 0.25) is 0 Å². The summed E-state index contributed by atoms with van der Waals surface area (Å²) < 4.78 is 0. The molecule has 0 radical (unpaired) electrons. The van der Waals surface area contributed by atoms with E-state index in [1.165, 1.54) is 25.7 Å². The maximum atomic E-state index is 11.6. The van der Waals surface area contributed by atoms with E-state index in [9.17, 15) is 4.79 Å². The van der Waals surface area contributed by atoms with E-state index in [0.29, 0.717) is 0 Å².